The predicted molar refractivity (Wildman–Crippen MR) is 60.4 cm³/mol. The molecule has 1 aromatic rings. The Morgan fingerprint density at radius 3 is 3.00 bits per heavy atom. The van der Waals surface area contributed by atoms with E-state index in [4.69, 9.17) is 16.3 Å². The van der Waals surface area contributed by atoms with Crippen LogP contribution in [0.1, 0.15) is 15.9 Å². The van der Waals surface area contributed by atoms with Crippen LogP contribution in [0, 0.1) is 6.92 Å². The quantitative estimate of drug-likeness (QED) is 0.632. The summed E-state index contributed by atoms with van der Waals surface area (Å²) in [6, 6.07) is 3.47. The highest BCUT2D eigenvalue weighted by Crippen LogP contribution is 2.33. The van der Waals surface area contributed by atoms with Crippen LogP contribution in [0.4, 0.5) is 5.69 Å². The molecule has 1 aromatic carbocycles. The average Bonchev–Trinajstić information content (AvgIpc) is 2.26. The van der Waals surface area contributed by atoms with Gasteiger partial charge in [-0.15, -0.1) is 11.6 Å². The predicted octanol–water partition coefficient (Wildman–Crippen LogP) is 1.75. The van der Waals surface area contributed by atoms with Gasteiger partial charge in [0.05, 0.1) is 17.1 Å². The maximum absolute atomic E-state index is 11.6. The molecule has 1 amide bonds. The molecule has 4 nitrogen and oxygen atoms in total. The number of amides is 1. The van der Waals surface area contributed by atoms with E-state index in [-0.39, 0.29) is 24.2 Å². The number of hydrogen-bond acceptors (Lipinski definition) is 3. The molecule has 1 N–H and O–H groups in total. The fourth-order valence-corrected chi connectivity index (χ4v) is 1.77. The molecule has 5 heteroatoms. The minimum atomic E-state index is -0.220. The summed E-state index contributed by atoms with van der Waals surface area (Å²) in [4.78, 5) is 22.7. The number of carbonyl (C=O) groups excluding carboxylic acids is 2. The zero-order chi connectivity index (χ0) is 11.7. The van der Waals surface area contributed by atoms with Crippen LogP contribution in [0.3, 0.4) is 0 Å². The van der Waals surface area contributed by atoms with E-state index in [0.717, 1.165) is 5.56 Å². The van der Waals surface area contributed by atoms with E-state index in [1.807, 2.05) is 6.92 Å². The number of ketones is 1. The molecule has 0 bridgehead atoms. The molecule has 0 spiro atoms. The fourth-order valence-electron chi connectivity index (χ4n) is 1.62. The van der Waals surface area contributed by atoms with Crippen molar-refractivity contribution in [2.45, 2.75) is 6.92 Å². The Kier molecular flexibility index (Phi) is 2.83. The van der Waals surface area contributed by atoms with Crippen molar-refractivity contribution in [1.29, 1.82) is 0 Å². The number of anilines is 1. The zero-order valence-electron chi connectivity index (χ0n) is 8.67. The molecular formula is C11H10ClNO3. The van der Waals surface area contributed by atoms with Gasteiger partial charge in [-0.25, -0.2) is 0 Å². The molecule has 0 unspecified atom stereocenters. The third-order valence-electron chi connectivity index (χ3n) is 2.28. The Balaban J connectivity index is 2.54. The summed E-state index contributed by atoms with van der Waals surface area (Å²) in [5.41, 5.74) is 1.83. The molecule has 1 aliphatic heterocycles. The first-order valence-electron chi connectivity index (χ1n) is 4.78. The van der Waals surface area contributed by atoms with Gasteiger partial charge in [0.25, 0.3) is 5.91 Å². The van der Waals surface area contributed by atoms with E-state index < -0.39 is 0 Å². The molecule has 1 heterocycles. The number of nitrogens with one attached hydrogen (secondary N) is 1. The fraction of sp³-hybridized carbons (Fsp3) is 0.273. The van der Waals surface area contributed by atoms with E-state index in [2.05, 4.69) is 5.32 Å². The van der Waals surface area contributed by atoms with Crippen LogP contribution in [0.5, 0.6) is 5.75 Å². The molecule has 0 fully saturated rings. The van der Waals surface area contributed by atoms with E-state index in [9.17, 15) is 9.59 Å². The Bertz CT molecular complexity index is 471. The van der Waals surface area contributed by atoms with Crippen LogP contribution in [0.2, 0.25) is 0 Å². The van der Waals surface area contributed by atoms with Crippen molar-refractivity contribution in [3.8, 4) is 5.75 Å². The maximum atomic E-state index is 11.6. The Morgan fingerprint density at radius 1 is 1.56 bits per heavy atom. The molecule has 2 rings (SSSR count). The van der Waals surface area contributed by atoms with Crippen LogP contribution in [-0.4, -0.2) is 24.2 Å². The number of halogens is 1. The Morgan fingerprint density at radius 2 is 2.31 bits per heavy atom. The minimum absolute atomic E-state index is 0.0708. The van der Waals surface area contributed by atoms with Crippen molar-refractivity contribution in [1.82, 2.24) is 0 Å². The van der Waals surface area contributed by atoms with Crippen molar-refractivity contribution >= 4 is 29.0 Å². The Labute approximate surface area is 97.5 Å². The molecule has 0 aromatic heterocycles. The lowest BCUT2D eigenvalue weighted by molar-refractivity contribution is -0.118. The molecule has 0 aliphatic carbocycles. The zero-order valence-corrected chi connectivity index (χ0v) is 9.43. The number of carbonyl (C=O) groups is 2. The van der Waals surface area contributed by atoms with Crippen LogP contribution >= 0.6 is 11.6 Å². The lowest BCUT2D eigenvalue weighted by Crippen LogP contribution is -2.26. The number of hydrogen-bond donors (Lipinski definition) is 1. The second-order valence-electron chi connectivity index (χ2n) is 3.58. The summed E-state index contributed by atoms with van der Waals surface area (Å²) < 4.78 is 5.25. The molecule has 0 atom stereocenters. The van der Waals surface area contributed by atoms with Gasteiger partial charge in [-0.1, -0.05) is 0 Å². The summed E-state index contributed by atoms with van der Waals surface area (Å²) in [7, 11) is 0. The SMILES string of the molecule is Cc1cc2c(c(C(=O)CCl)c1)OCC(=O)N2. The third-order valence-corrected chi connectivity index (χ3v) is 2.52. The van der Waals surface area contributed by atoms with E-state index >= 15 is 0 Å². The van der Waals surface area contributed by atoms with Crippen LogP contribution in [0.15, 0.2) is 12.1 Å². The second-order valence-corrected chi connectivity index (χ2v) is 3.85. The first-order chi connectivity index (χ1) is 7.61. The van der Waals surface area contributed by atoms with Crippen molar-refractivity contribution in [2.24, 2.45) is 0 Å². The highest BCUT2D eigenvalue weighted by Gasteiger charge is 2.22. The highest BCUT2D eigenvalue weighted by molar-refractivity contribution is 6.31. The van der Waals surface area contributed by atoms with E-state index in [1.165, 1.54) is 0 Å². The molecular weight excluding hydrogens is 230 g/mol. The van der Waals surface area contributed by atoms with Gasteiger partial charge in [-0.2, -0.15) is 0 Å². The second kappa shape index (κ2) is 4.14. The number of rotatable bonds is 2. The monoisotopic (exact) mass is 239 g/mol. The summed E-state index contributed by atoms with van der Waals surface area (Å²) in [5.74, 6) is -0.122. The van der Waals surface area contributed by atoms with Crippen LogP contribution < -0.4 is 10.1 Å². The molecule has 16 heavy (non-hydrogen) atoms. The first kappa shape index (κ1) is 11.0. The van der Waals surface area contributed by atoms with Gasteiger partial charge >= 0.3 is 0 Å². The Hall–Kier alpha value is -1.55. The molecule has 0 radical (unpaired) electrons. The lowest BCUT2D eigenvalue weighted by Gasteiger charge is -2.20. The third kappa shape index (κ3) is 1.88. The van der Waals surface area contributed by atoms with Gasteiger partial charge in [0.15, 0.2) is 18.1 Å². The number of aryl methyl sites for hydroxylation is 1. The first-order valence-corrected chi connectivity index (χ1v) is 5.31. The number of alkyl halides is 1. The van der Waals surface area contributed by atoms with E-state index in [0.29, 0.717) is 17.0 Å². The average molecular weight is 240 g/mol. The van der Waals surface area contributed by atoms with E-state index in [1.54, 1.807) is 12.1 Å². The summed E-state index contributed by atoms with van der Waals surface area (Å²) in [6.07, 6.45) is 0. The van der Waals surface area contributed by atoms with Crippen LogP contribution in [0.25, 0.3) is 0 Å². The highest BCUT2D eigenvalue weighted by atomic mass is 35.5. The summed E-state index contributed by atoms with van der Waals surface area (Å²) in [6.45, 7) is 1.77. The van der Waals surface area contributed by atoms with Gasteiger partial charge in [0, 0.05) is 0 Å². The topological polar surface area (TPSA) is 55.4 Å². The van der Waals surface area contributed by atoms with Crippen LogP contribution in [-0.2, 0) is 4.79 Å². The van der Waals surface area contributed by atoms with Crippen molar-refractivity contribution in [3.05, 3.63) is 23.3 Å². The van der Waals surface area contributed by atoms with Gasteiger partial charge in [-0.05, 0) is 24.6 Å². The molecule has 0 saturated heterocycles. The van der Waals surface area contributed by atoms with Crippen molar-refractivity contribution < 1.29 is 14.3 Å². The summed E-state index contributed by atoms with van der Waals surface area (Å²) in [5, 5.41) is 2.66. The number of fused-ring (bicyclic) bond motifs is 1. The van der Waals surface area contributed by atoms with Gasteiger partial charge in [-0.3, -0.25) is 9.59 Å². The standard InChI is InChI=1S/C11H10ClNO3/c1-6-2-7(9(14)4-12)11-8(3-6)13-10(15)5-16-11/h2-3H,4-5H2,1H3,(H,13,15). The molecule has 1 aliphatic rings. The number of benzene rings is 1. The lowest BCUT2D eigenvalue weighted by atomic mass is 10.0. The number of Topliss-reactive ketones (excluding diaryl/α,β-unsaturated/α-hetero) is 1. The van der Waals surface area contributed by atoms with Crippen molar-refractivity contribution in [3.63, 3.8) is 0 Å². The minimum Gasteiger partial charge on any atom is -0.481 e. The number of ether oxygens (including phenoxy) is 1. The largest absolute Gasteiger partial charge is 0.481 e. The maximum Gasteiger partial charge on any atom is 0.262 e. The van der Waals surface area contributed by atoms with Crippen molar-refractivity contribution in [2.75, 3.05) is 17.8 Å². The van der Waals surface area contributed by atoms with Gasteiger partial charge in [0.1, 0.15) is 0 Å². The summed E-state index contributed by atoms with van der Waals surface area (Å²) >= 11 is 5.52. The molecule has 84 valence electrons. The molecule has 0 saturated carbocycles. The smallest absolute Gasteiger partial charge is 0.262 e. The van der Waals surface area contributed by atoms with Gasteiger partial charge in [0.2, 0.25) is 0 Å². The normalized spacial score (nSPS) is 13.8. The van der Waals surface area contributed by atoms with Gasteiger partial charge < -0.3 is 10.1 Å².